The van der Waals surface area contributed by atoms with E-state index in [1.165, 1.54) is 83.5 Å². The molecule has 6 N–H and O–H groups in total. The molecule has 1 aliphatic heterocycles. The maximum Gasteiger partial charge on any atom is 0.220 e. The van der Waals surface area contributed by atoms with Gasteiger partial charge in [0, 0.05) is 6.42 Å². The second kappa shape index (κ2) is 39.5. The van der Waals surface area contributed by atoms with Crippen molar-refractivity contribution in [2.24, 2.45) is 0 Å². The van der Waals surface area contributed by atoms with Crippen LogP contribution in [0, 0.1) is 0 Å². The maximum atomic E-state index is 12.9. The normalized spacial score (nSPS) is 21.5. The molecule has 1 amide bonds. The first-order valence-corrected chi connectivity index (χ1v) is 23.3. The van der Waals surface area contributed by atoms with Gasteiger partial charge in [-0.05, 0) is 57.8 Å². The van der Waals surface area contributed by atoms with E-state index in [4.69, 9.17) is 9.47 Å². The summed E-state index contributed by atoms with van der Waals surface area (Å²) < 4.78 is 11.2. The highest BCUT2D eigenvalue weighted by Gasteiger charge is 2.44. The van der Waals surface area contributed by atoms with Crippen molar-refractivity contribution in [2.75, 3.05) is 13.2 Å². The number of rotatable bonds is 37. The van der Waals surface area contributed by atoms with Gasteiger partial charge in [-0.15, -0.1) is 0 Å². The fourth-order valence-electron chi connectivity index (χ4n) is 6.77. The quantitative estimate of drug-likeness (QED) is 0.0268. The van der Waals surface area contributed by atoms with Crippen LogP contribution in [0.1, 0.15) is 168 Å². The number of carbonyl (C=O) groups excluding carboxylic acids is 1. The smallest absolute Gasteiger partial charge is 0.220 e. The molecule has 7 unspecified atom stereocenters. The average molecular weight is 828 g/mol. The van der Waals surface area contributed by atoms with Crippen LogP contribution in [-0.2, 0) is 14.3 Å². The summed E-state index contributed by atoms with van der Waals surface area (Å²) in [5, 5.41) is 54.1. The fraction of sp³-hybridized carbons (Fsp3) is 0.700. The summed E-state index contributed by atoms with van der Waals surface area (Å²) in [4.78, 5) is 12.9. The minimum atomic E-state index is -1.58. The first-order valence-electron chi connectivity index (χ1n) is 23.3. The van der Waals surface area contributed by atoms with Gasteiger partial charge in [0.15, 0.2) is 6.29 Å². The molecule has 0 aromatic heterocycles. The van der Waals surface area contributed by atoms with E-state index in [-0.39, 0.29) is 18.9 Å². The summed E-state index contributed by atoms with van der Waals surface area (Å²) in [6.45, 7) is 3.60. The molecule has 1 heterocycles. The molecule has 0 aromatic rings. The van der Waals surface area contributed by atoms with Gasteiger partial charge in [0.05, 0.1) is 25.4 Å². The lowest BCUT2D eigenvalue weighted by molar-refractivity contribution is -0.302. The van der Waals surface area contributed by atoms with Gasteiger partial charge in [0.25, 0.3) is 0 Å². The average Bonchev–Trinajstić information content (AvgIpc) is 3.23. The monoisotopic (exact) mass is 828 g/mol. The first kappa shape index (κ1) is 54.4. The predicted molar refractivity (Wildman–Crippen MR) is 244 cm³/mol. The molecule has 1 fully saturated rings. The van der Waals surface area contributed by atoms with Crippen LogP contribution in [0.15, 0.2) is 85.1 Å². The maximum absolute atomic E-state index is 12.9. The number of hydrogen-bond donors (Lipinski definition) is 6. The zero-order valence-corrected chi connectivity index (χ0v) is 37.0. The second-order valence-corrected chi connectivity index (χ2v) is 15.8. The van der Waals surface area contributed by atoms with Gasteiger partial charge >= 0.3 is 0 Å². The molecule has 0 aromatic carbocycles. The van der Waals surface area contributed by atoms with Gasteiger partial charge in [-0.25, -0.2) is 0 Å². The molecule has 1 rings (SSSR count). The van der Waals surface area contributed by atoms with Gasteiger partial charge < -0.3 is 40.3 Å². The molecule has 0 spiro atoms. The number of aliphatic hydroxyl groups excluding tert-OH is 5. The Morgan fingerprint density at radius 2 is 1.05 bits per heavy atom. The molecule has 1 saturated heterocycles. The molecule has 9 heteroatoms. The lowest BCUT2D eigenvalue weighted by Gasteiger charge is -2.40. The van der Waals surface area contributed by atoms with E-state index < -0.39 is 49.5 Å². The Kier molecular flexibility index (Phi) is 36.4. The number of amides is 1. The van der Waals surface area contributed by atoms with E-state index in [1.807, 2.05) is 18.2 Å². The molecule has 59 heavy (non-hydrogen) atoms. The number of nitrogens with one attached hydrogen (secondary N) is 1. The Hall–Kier alpha value is -2.63. The summed E-state index contributed by atoms with van der Waals surface area (Å²) >= 11 is 0. The molecule has 0 radical (unpaired) electrons. The van der Waals surface area contributed by atoms with Crippen LogP contribution in [-0.4, -0.2) is 87.5 Å². The minimum Gasteiger partial charge on any atom is -0.394 e. The van der Waals surface area contributed by atoms with E-state index >= 15 is 0 Å². The van der Waals surface area contributed by atoms with Crippen LogP contribution in [0.4, 0.5) is 0 Å². The predicted octanol–water partition coefficient (Wildman–Crippen LogP) is 9.94. The first-order chi connectivity index (χ1) is 28.8. The number of ether oxygens (including phenoxy) is 2. The molecule has 9 nitrogen and oxygen atoms in total. The third kappa shape index (κ3) is 30.1. The van der Waals surface area contributed by atoms with Crippen LogP contribution in [0.2, 0.25) is 0 Å². The number of allylic oxidation sites excluding steroid dienone is 13. The van der Waals surface area contributed by atoms with Gasteiger partial charge in [-0.2, -0.15) is 0 Å². The van der Waals surface area contributed by atoms with E-state index in [0.29, 0.717) is 6.42 Å². The number of hydrogen-bond acceptors (Lipinski definition) is 8. The van der Waals surface area contributed by atoms with E-state index in [9.17, 15) is 30.3 Å². The number of aliphatic hydroxyl groups is 5. The van der Waals surface area contributed by atoms with Crippen molar-refractivity contribution < 1.29 is 39.8 Å². The largest absolute Gasteiger partial charge is 0.394 e. The molecule has 1 aliphatic rings. The SMILES string of the molecule is CC/C=C\C/C=C\C/C=C\C/C=C\C/C=C\C/C=C\CCC(=O)NC(COC1OC(CO)C(O)C(O)C1O)C(O)/C=C/CCCCCCCCCCCCCCCCC. The zero-order chi connectivity index (χ0) is 43.0. The Bertz CT molecular complexity index is 1190. The van der Waals surface area contributed by atoms with E-state index in [2.05, 4.69) is 79.9 Å². The van der Waals surface area contributed by atoms with Crippen molar-refractivity contribution in [2.45, 2.75) is 211 Å². The van der Waals surface area contributed by atoms with Gasteiger partial charge in [0.2, 0.25) is 5.91 Å². The van der Waals surface area contributed by atoms with Crippen molar-refractivity contribution in [1.29, 1.82) is 0 Å². The van der Waals surface area contributed by atoms with Crippen molar-refractivity contribution in [3.8, 4) is 0 Å². The van der Waals surface area contributed by atoms with E-state index in [1.54, 1.807) is 6.08 Å². The van der Waals surface area contributed by atoms with E-state index in [0.717, 1.165) is 57.8 Å². The molecule has 338 valence electrons. The number of unbranched alkanes of at least 4 members (excludes halogenated alkanes) is 15. The van der Waals surface area contributed by atoms with Crippen LogP contribution in [0.25, 0.3) is 0 Å². The van der Waals surface area contributed by atoms with Crippen molar-refractivity contribution >= 4 is 5.91 Å². The van der Waals surface area contributed by atoms with Gasteiger partial charge in [-0.1, -0.05) is 189 Å². The summed E-state index contributed by atoms with van der Waals surface area (Å²) in [6, 6.07) is -0.850. The topological polar surface area (TPSA) is 149 Å². The lowest BCUT2D eigenvalue weighted by atomic mass is 9.99. The Morgan fingerprint density at radius 1 is 0.593 bits per heavy atom. The second-order valence-electron chi connectivity index (χ2n) is 15.8. The third-order valence-electron chi connectivity index (χ3n) is 10.5. The standard InChI is InChI=1S/C50H85NO8/c1-3-5-7-9-11-13-15-17-19-21-22-24-26-28-30-32-34-36-38-40-46(54)51-43(42-58-50-49(57)48(56)47(55)45(41-52)59-50)44(53)39-37-35-33-31-29-27-25-23-20-18-16-14-12-10-8-6-4-2/h5,7,11,13,17,19,22,24,28,30,34,36-37,39,43-45,47-50,52-53,55-57H,3-4,6,8-10,12,14-16,18,20-21,23,25-27,29,31-33,35,38,40-42H2,1-2H3,(H,51,54)/b7-5-,13-11-,19-17-,24-22-,30-28-,36-34-,39-37+. The van der Waals surface area contributed by atoms with Crippen LogP contribution >= 0.6 is 0 Å². The summed E-state index contributed by atoms with van der Waals surface area (Å²) in [6.07, 6.45) is 47.8. The van der Waals surface area contributed by atoms with Crippen molar-refractivity contribution in [3.63, 3.8) is 0 Å². The fourth-order valence-corrected chi connectivity index (χ4v) is 6.77. The summed E-state index contributed by atoms with van der Waals surface area (Å²) in [7, 11) is 0. The van der Waals surface area contributed by atoms with Gasteiger partial charge in [0.1, 0.15) is 24.4 Å². The van der Waals surface area contributed by atoms with Crippen LogP contribution in [0.5, 0.6) is 0 Å². The van der Waals surface area contributed by atoms with Crippen molar-refractivity contribution in [1.82, 2.24) is 5.32 Å². The van der Waals surface area contributed by atoms with Crippen LogP contribution in [0.3, 0.4) is 0 Å². The Labute approximate surface area is 359 Å². The molecular formula is C50H85NO8. The Morgan fingerprint density at radius 3 is 1.53 bits per heavy atom. The molecule has 0 bridgehead atoms. The summed E-state index contributed by atoms with van der Waals surface area (Å²) in [5.74, 6) is -0.262. The molecule has 7 atom stereocenters. The number of carbonyl (C=O) groups is 1. The highest BCUT2D eigenvalue weighted by Crippen LogP contribution is 2.22. The Balaban J connectivity index is 2.43. The van der Waals surface area contributed by atoms with Gasteiger partial charge in [-0.3, -0.25) is 4.79 Å². The van der Waals surface area contributed by atoms with Crippen LogP contribution < -0.4 is 5.32 Å². The zero-order valence-electron chi connectivity index (χ0n) is 37.0. The van der Waals surface area contributed by atoms with Crippen molar-refractivity contribution in [3.05, 3.63) is 85.1 Å². The summed E-state index contributed by atoms with van der Waals surface area (Å²) in [5.41, 5.74) is 0. The molecule has 0 aliphatic carbocycles. The highest BCUT2D eigenvalue weighted by molar-refractivity contribution is 5.76. The molecular weight excluding hydrogens is 743 g/mol. The minimum absolute atomic E-state index is 0.217. The highest BCUT2D eigenvalue weighted by atomic mass is 16.7. The third-order valence-corrected chi connectivity index (χ3v) is 10.5. The molecule has 0 saturated carbocycles. The lowest BCUT2D eigenvalue weighted by Crippen LogP contribution is -2.60.